The number of carboxylic acids is 1. The fourth-order valence-electron chi connectivity index (χ4n) is 3.05. The first kappa shape index (κ1) is 19.1. The Bertz CT molecular complexity index is 601. The van der Waals surface area contributed by atoms with Crippen molar-refractivity contribution in [2.45, 2.75) is 45.6 Å². The number of hydrogen-bond acceptors (Lipinski definition) is 4. The van der Waals surface area contributed by atoms with Gasteiger partial charge < -0.3 is 19.9 Å². The average molecular weight is 349 g/mol. The third kappa shape index (κ3) is 5.37. The van der Waals surface area contributed by atoms with Gasteiger partial charge in [0.25, 0.3) is 0 Å². The fourth-order valence-corrected chi connectivity index (χ4v) is 3.05. The zero-order chi connectivity index (χ0) is 18.2. The summed E-state index contributed by atoms with van der Waals surface area (Å²) in [5, 5.41) is 11.9. The summed E-state index contributed by atoms with van der Waals surface area (Å²) in [5.41, 5.74) is 0.917. The molecule has 0 bridgehead atoms. The molecule has 1 aromatic rings. The first-order valence-corrected chi connectivity index (χ1v) is 8.85. The maximum Gasteiger partial charge on any atom is 0.306 e. The van der Waals surface area contributed by atoms with Gasteiger partial charge in [-0.3, -0.25) is 9.59 Å². The Morgan fingerprint density at radius 3 is 2.64 bits per heavy atom. The Morgan fingerprint density at radius 2 is 2.00 bits per heavy atom. The number of hydrogen-bond donors (Lipinski definition) is 2. The summed E-state index contributed by atoms with van der Waals surface area (Å²) in [6.07, 6.45) is 3.69. The molecule has 0 spiro atoms. The summed E-state index contributed by atoms with van der Waals surface area (Å²) in [5.74, 6) is -0.138. The van der Waals surface area contributed by atoms with Crippen LogP contribution in [0.4, 0.5) is 0 Å². The van der Waals surface area contributed by atoms with Gasteiger partial charge in [-0.1, -0.05) is 19.4 Å². The number of amides is 1. The predicted molar refractivity (Wildman–Crippen MR) is 93.7 cm³/mol. The summed E-state index contributed by atoms with van der Waals surface area (Å²) in [7, 11) is 1.59. The minimum atomic E-state index is -0.807. The third-order valence-corrected chi connectivity index (χ3v) is 4.60. The lowest BCUT2D eigenvalue weighted by Crippen LogP contribution is -2.29. The van der Waals surface area contributed by atoms with Crippen LogP contribution in [0.1, 0.15) is 44.6 Å². The number of carbonyl (C=O) groups is 2. The molecule has 1 fully saturated rings. The lowest BCUT2D eigenvalue weighted by Gasteiger charge is -2.14. The van der Waals surface area contributed by atoms with Crippen LogP contribution in [0.3, 0.4) is 0 Å². The number of nitrogens with one attached hydrogen (secondary N) is 1. The van der Waals surface area contributed by atoms with Crippen LogP contribution in [0.2, 0.25) is 0 Å². The van der Waals surface area contributed by atoms with E-state index in [1.165, 1.54) is 0 Å². The number of ether oxygens (including phenoxy) is 2. The monoisotopic (exact) mass is 349 g/mol. The van der Waals surface area contributed by atoms with Gasteiger partial charge in [-0.15, -0.1) is 0 Å². The maximum atomic E-state index is 12.2. The van der Waals surface area contributed by atoms with Crippen molar-refractivity contribution in [1.82, 2.24) is 5.32 Å². The Balaban J connectivity index is 1.88. The summed E-state index contributed by atoms with van der Waals surface area (Å²) in [4.78, 5) is 23.2. The lowest BCUT2D eigenvalue weighted by atomic mass is 10.0. The molecule has 2 rings (SSSR count). The Labute approximate surface area is 148 Å². The van der Waals surface area contributed by atoms with Crippen molar-refractivity contribution in [3.05, 3.63) is 23.8 Å². The van der Waals surface area contributed by atoms with Crippen molar-refractivity contribution in [3.8, 4) is 11.5 Å². The van der Waals surface area contributed by atoms with E-state index in [2.05, 4.69) is 12.2 Å². The zero-order valence-corrected chi connectivity index (χ0v) is 14.9. The van der Waals surface area contributed by atoms with Crippen molar-refractivity contribution >= 4 is 11.9 Å². The van der Waals surface area contributed by atoms with E-state index in [1.807, 2.05) is 18.2 Å². The molecule has 0 saturated heterocycles. The second-order valence-corrected chi connectivity index (χ2v) is 6.45. The second kappa shape index (κ2) is 9.30. The van der Waals surface area contributed by atoms with Gasteiger partial charge in [0.15, 0.2) is 11.5 Å². The summed E-state index contributed by atoms with van der Waals surface area (Å²) < 4.78 is 11.1. The summed E-state index contributed by atoms with van der Waals surface area (Å²) >= 11 is 0. The van der Waals surface area contributed by atoms with Gasteiger partial charge in [-0.2, -0.15) is 0 Å². The Kier molecular flexibility index (Phi) is 7.10. The molecule has 0 aromatic heterocycles. The molecule has 1 amide bonds. The van der Waals surface area contributed by atoms with Gasteiger partial charge in [0.05, 0.1) is 19.6 Å². The van der Waals surface area contributed by atoms with Crippen molar-refractivity contribution in [2.75, 3.05) is 13.7 Å². The molecule has 1 saturated carbocycles. The van der Waals surface area contributed by atoms with Crippen molar-refractivity contribution < 1.29 is 24.2 Å². The molecule has 1 aliphatic carbocycles. The van der Waals surface area contributed by atoms with E-state index in [0.29, 0.717) is 43.9 Å². The second-order valence-electron chi connectivity index (χ2n) is 6.45. The number of unbranched alkanes of at least 4 members (excludes halogenated alkanes) is 1. The number of benzene rings is 1. The van der Waals surface area contributed by atoms with E-state index in [-0.39, 0.29) is 11.8 Å². The van der Waals surface area contributed by atoms with Crippen LogP contribution in [-0.4, -0.2) is 30.7 Å². The van der Waals surface area contributed by atoms with Gasteiger partial charge in [0.1, 0.15) is 0 Å². The van der Waals surface area contributed by atoms with Gasteiger partial charge in [0.2, 0.25) is 5.91 Å². The molecule has 0 aliphatic heterocycles. The number of rotatable bonds is 9. The van der Waals surface area contributed by atoms with Crippen LogP contribution in [0, 0.1) is 11.8 Å². The van der Waals surface area contributed by atoms with Gasteiger partial charge in [-0.05, 0) is 43.4 Å². The number of carboxylic acid groups (broad SMARTS) is 1. The maximum absolute atomic E-state index is 12.2. The smallest absolute Gasteiger partial charge is 0.306 e. The molecule has 6 heteroatoms. The van der Waals surface area contributed by atoms with E-state index in [0.717, 1.165) is 18.4 Å². The van der Waals surface area contributed by atoms with E-state index in [1.54, 1.807) is 7.11 Å². The Morgan fingerprint density at radius 1 is 1.24 bits per heavy atom. The standard InChI is InChI=1S/C19H27NO5/c1-3-4-9-25-16-8-5-13(10-17(16)24-2)12-20-18(21)14-6-7-15(11-14)19(22)23/h5,8,10,14-15H,3-4,6-7,9,11-12H2,1-2H3,(H,20,21)(H,22,23)/t14-,15+/m1/s1. The highest BCUT2D eigenvalue weighted by molar-refractivity contribution is 5.80. The van der Waals surface area contributed by atoms with Crippen LogP contribution >= 0.6 is 0 Å². The van der Waals surface area contributed by atoms with Gasteiger partial charge in [-0.25, -0.2) is 0 Å². The molecule has 1 aliphatic rings. The van der Waals surface area contributed by atoms with Crippen molar-refractivity contribution in [1.29, 1.82) is 0 Å². The van der Waals surface area contributed by atoms with E-state index in [4.69, 9.17) is 14.6 Å². The van der Waals surface area contributed by atoms with Crippen LogP contribution in [0.5, 0.6) is 11.5 Å². The zero-order valence-electron chi connectivity index (χ0n) is 14.9. The van der Waals surface area contributed by atoms with Crippen molar-refractivity contribution in [2.24, 2.45) is 11.8 Å². The van der Waals surface area contributed by atoms with E-state index in [9.17, 15) is 9.59 Å². The van der Waals surface area contributed by atoms with E-state index >= 15 is 0 Å². The highest BCUT2D eigenvalue weighted by atomic mass is 16.5. The minimum absolute atomic E-state index is 0.0778. The molecule has 1 aromatic carbocycles. The Hall–Kier alpha value is -2.24. The molecule has 2 N–H and O–H groups in total. The molecule has 6 nitrogen and oxygen atoms in total. The number of methoxy groups -OCH3 is 1. The summed E-state index contributed by atoms with van der Waals surface area (Å²) in [6, 6.07) is 5.61. The molecule has 0 heterocycles. The third-order valence-electron chi connectivity index (χ3n) is 4.60. The van der Waals surface area contributed by atoms with E-state index < -0.39 is 11.9 Å². The largest absolute Gasteiger partial charge is 0.493 e. The molecule has 25 heavy (non-hydrogen) atoms. The topological polar surface area (TPSA) is 84.9 Å². The predicted octanol–water partition coefficient (Wildman–Crippen LogP) is 2.99. The normalized spacial score (nSPS) is 19.4. The van der Waals surface area contributed by atoms with Gasteiger partial charge in [0, 0.05) is 12.5 Å². The number of aliphatic carboxylic acids is 1. The SMILES string of the molecule is CCCCOc1ccc(CNC(=O)[C@@H]2CC[C@H](C(=O)O)C2)cc1OC. The van der Waals surface area contributed by atoms with Crippen LogP contribution in [-0.2, 0) is 16.1 Å². The minimum Gasteiger partial charge on any atom is -0.493 e. The molecule has 0 unspecified atom stereocenters. The summed E-state index contributed by atoms with van der Waals surface area (Å²) in [6.45, 7) is 3.14. The van der Waals surface area contributed by atoms with Crippen molar-refractivity contribution in [3.63, 3.8) is 0 Å². The molecule has 2 atom stereocenters. The van der Waals surface area contributed by atoms with Crippen LogP contribution in [0.15, 0.2) is 18.2 Å². The quantitative estimate of drug-likeness (QED) is 0.670. The first-order chi connectivity index (χ1) is 12.0. The highest BCUT2D eigenvalue weighted by Crippen LogP contribution is 2.31. The van der Waals surface area contributed by atoms with Crippen LogP contribution < -0.4 is 14.8 Å². The molecule has 138 valence electrons. The average Bonchev–Trinajstić information content (AvgIpc) is 3.11. The number of carbonyl (C=O) groups excluding carboxylic acids is 1. The highest BCUT2D eigenvalue weighted by Gasteiger charge is 2.33. The molecular formula is C19H27NO5. The van der Waals surface area contributed by atoms with Crippen LogP contribution in [0.25, 0.3) is 0 Å². The van der Waals surface area contributed by atoms with Gasteiger partial charge >= 0.3 is 5.97 Å². The fraction of sp³-hybridized carbons (Fsp3) is 0.579. The lowest BCUT2D eigenvalue weighted by molar-refractivity contribution is -0.141. The molecule has 0 radical (unpaired) electrons. The first-order valence-electron chi connectivity index (χ1n) is 8.85. The molecular weight excluding hydrogens is 322 g/mol.